The maximum Gasteiger partial charge on any atom is 0.234 e. The predicted octanol–water partition coefficient (Wildman–Crippen LogP) is 1.56. The molecule has 0 saturated heterocycles. The van der Waals surface area contributed by atoms with Crippen molar-refractivity contribution >= 4 is 5.91 Å². The molecule has 21 heavy (non-hydrogen) atoms. The van der Waals surface area contributed by atoms with Crippen LogP contribution in [0.5, 0.6) is 0 Å². The van der Waals surface area contributed by atoms with E-state index in [1.165, 1.54) is 0 Å². The van der Waals surface area contributed by atoms with Gasteiger partial charge in [0.1, 0.15) is 0 Å². The highest BCUT2D eigenvalue weighted by molar-refractivity contribution is 5.78. The van der Waals surface area contributed by atoms with Gasteiger partial charge in [0.15, 0.2) is 0 Å². The summed E-state index contributed by atoms with van der Waals surface area (Å²) in [4.78, 5) is 18.2. The number of hydrogen-bond acceptors (Lipinski definition) is 4. The number of carbonyl (C=O) groups is 1. The minimum absolute atomic E-state index is 0.00602. The summed E-state index contributed by atoms with van der Waals surface area (Å²) >= 11 is 0. The smallest absolute Gasteiger partial charge is 0.234 e. The van der Waals surface area contributed by atoms with E-state index in [2.05, 4.69) is 31.1 Å². The fourth-order valence-corrected chi connectivity index (χ4v) is 2.30. The Balaban J connectivity index is 2.73. The number of aromatic nitrogens is 1. The van der Waals surface area contributed by atoms with Crippen LogP contribution < -0.4 is 11.1 Å². The second-order valence-corrected chi connectivity index (χ2v) is 5.92. The van der Waals surface area contributed by atoms with E-state index < -0.39 is 0 Å². The summed E-state index contributed by atoms with van der Waals surface area (Å²) in [6.45, 7) is 7.25. The standard InChI is InChI=1S/C16H28N4O/c1-5-14(17)16(13-7-6-8-18-10-13)20(4)11-15(21)19-9-12(2)3/h6-8,10,12,14,16H,5,9,11,17H2,1-4H3,(H,19,21). The molecule has 0 spiro atoms. The number of amides is 1. The summed E-state index contributed by atoms with van der Waals surface area (Å²) in [7, 11) is 1.93. The predicted molar refractivity (Wildman–Crippen MR) is 85.7 cm³/mol. The van der Waals surface area contributed by atoms with E-state index in [0.29, 0.717) is 19.0 Å². The van der Waals surface area contributed by atoms with Crippen molar-refractivity contribution in [3.8, 4) is 0 Å². The van der Waals surface area contributed by atoms with Crippen LogP contribution in [0.2, 0.25) is 0 Å². The third-order valence-corrected chi connectivity index (χ3v) is 3.48. The van der Waals surface area contributed by atoms with Crippen LogP contribution in [0.1, 0.15) is 38.8 Å². The molecule has 0 fully saturated rings. The largest absolute Gasteiger partial charge is 0.355 e. The first kappa shape index (κ1) is 17.6. The molecule has 0 radical (unpaired) electrons. The van der Waals surface area contributed by atoms with Crippen molar-refractivity contribution in [3.63, 3.8) is 0 Å². The molecule has 3 N–H and O–H groups in total. The van der Waals surface area contributed by atoms with Gasteiger partial charge in [-0.2, -0.15) is 0 Å². The van der Waals surface area contributed by atoms with Crippen LogP contribution >= 0.6 is 0 Å². The van der Waals surface area contributed by atoms with Crippen LogP contribution in [0.4, 0.5) is 0 Å². The van der Waals surface area contributed by atoms with Crippen LogP contribution in [0.25, 0.3) is 0 Å². The van der Waals surface area contributed by atoms with Crippen LogP contribution in [0.15, 0.2) is 24.5 Å². The molecule has 0 aliphatic carbocycles. The zero-order chi connectivity index (χ0) is 15.8. The molecule has 5 heteroatoms. The fraction of sp³-hybridized carbons (Fsp3) is 0.625. The van der Waals surface area contributed by atoms with E-state index >= 15 is 0 Å². The summed E-state index contributed by atoms with van der Waals surface area (Å²) in [6.07, 6.45) is 4.41. The molecule has 2 unspecified atom stereocenters. The van der Waals surface area contributed by atoms with E-state index in [-0.39, 0.29) is 18.0 Å². The summed E-state index contributed by atoms with van der Waals surface area (Å²) in [5, 5.41) is 2.94. The Kier molecular flexibility index (Phi) is 7.32. The molecule has 0 bridgehead atoms. The Morgan fingerprint density at radius 2 is 2.19 bits per heavy atom. The van der Waals surface area contributed by atoms with Gasteiger partial charge in [-0.05, 0) is 31.0 Å². The van der Waals surface area contributed by atoms with Gasteiger partial charge in [-0.25, -0.2) is 0 Å². The number of nitrogens with zero attached hydrogens (tertiary/aromatic N) is 2. The first-order valence-corrected chi connectivity index (χ1v) is 7.58. The van der Waals surface area contributed by atoms with Crippen LogP contribution in [0, 0.1) is 5.92 Å². The van der Waals surface area contributed by atoms with Gasteiger partial charge in [0.2, 0.25) is 5.91 Å². The molecule has 5 nitrogen and oxygen atoms in total. The topological polar surface area (TPSA) is 71.2 Å². The van der Waals surface area contributed by atoms with Crippen molar-refractivity contribution in [2.75, 3.05) is 20.1 Å². The van der Waals surface area contributed by atoms with Crippen LogP contribution in [-0.4, -0.2) is 42.0 Å². The number of pyridine rings is 1. The molecule has 2 atom stereocenters. The summed E-state index contributed by atoms with van der Waals surface area (Å²) < 4.78 is 0. The normalized spacial score (nSPS) is 14.2. The molecule has 1 aromatic heterocycles. The molecular weight excluding hydrogens is 264 g/mol. The van der Waals surface area contributed by atoms with Crippen molar-refractivity contribution in [1.29, 1.82) is 0 Å². The van der Waals surface area contributed by atoms with E-state index in [4.69, 9.17) is 5.73 Å². The molecule has 1 heterocycles. The Morgan fingerprint density at radius 3 is 2.71 bits per heavy atom. The lowest BCUT2D eigenvalue weighted by atomic mass is 9.98. The lowest BCUT2D eigenvalue weighted by Crippen LogP contribution is -2.44. The minimum atomic E-state index is -0.0305. The average Bonchev–Trinajstić information content (AvgIpc) is 2.46. The van der Waals surface area contributed by atoms with Crippen molar-refractivity contribution in [2.24, 2.45) is 11.7 Å². The number of rotatable bonds is 8. The number of hydrogen-bond donors (Lipinski definition) is 2. The highest BCUT2D eigenvalue weighted by Crippen LogP contribution is 2.22. The minimum Gasteiger partial charge on any atom is -0.355 e. The Hall–Kier alpha value is -1.46. The highest BCUT2D eigenvalue weighted by Gasteiger charge is 2.24. The van der Waals surface area contributed by atoms with Gasteiger partial charge in [0.25, 0.3) is 0 Å². The summed E-state index contributed by atoms with van der Waals surface area (Å²) in [6, 6.07) is 3.87. The van der Waals surface area contributed by atoms with E-state index in [1.54, 1.807) is 6.20 Å². The SMILES string of the molecule is CCC(N)C(c1cccnc1)N(C)CC(=O)NCC(C)C. The molecule has 0 aromatic carbocycles. The zero-order valence-corrected chi connectivity index (χ0v) is 13.5. The van der Waals surface area contributed by atoms with Gasteiger partial charge in [-0.1, -0.05) is 26.8 Å². The molecule has 1 rings (SSSR count). The molecule has 1 amide bonds. The highest BCUT2D eigenvalue weighted by atomic mass is 16.2. The number of likely N-dealkylation sites (N-methyl/N-ethyl adjacent to an activating group) is 1. The maximum atomic E-state index is 12.0. The Bertz CT molecular complexity index is 422. The third kappa shape index (κ3) is 5.81. The van der Waals surface area contributed by atoms with Crippen LogP contribution in [0.3, 0.4) is 0 Å². The van der Waals surface area contributed by atoms with E-state index in [9.17, 15) is 4.79 Å². The Labute approximate surface area is 127 Å². The molecular formula is C16H28N4O. The van der Waals surface area contributed by atoms with Crippen molar-refractivity contribution < 1.29 is 4.79 Å². The lowest BCUT2D eigenvalue weighted by molar-refractivity contribution is -0.122. The first-order valence-electron chi connectivity index (χ1n) is 7.58. The van der Waals surface area contributed by atoms with E-state index in [0.717, 1.165) is 12.0 Å². The van der Waals surface area contributed by atoms with Crippen LogP contribution in [-0.2, 0) is 4.79 Å². The van der Waals surface area contributed by atoms with Crippen molar-refractivity contribution in [1.82, 2.24) is 15.2 Å². The number of nitrogens with one attached hydrogen (secondary N) is 1. The second kappa shape index (κ2) is 8.74. The van der Waals surface area contributed by atoms with E-state index in [1.807, 2.05) is 30.3 Å². The zero-order valence-electron chi connectivity index (χ0n) is 13.5. The van der Waals surface area contributed by atoms with Gasteiger partial charge in [0, 0.05) is 25.0 Å². The monoisotopic (exact) mass is 292 g/mol. The quantitative estimate of drug-likeness (QED) is 0.763. The van der Waals surface area contributed by atoms with Gasteiger partial charge in [0.05, 0.1) is 12.6 Å². The second-order valence-electron chi connectivity index (χ2n) is 5.92. The first-order chi connectivity index (χ1) is 9.95. The molecule has 0 aliphatic heterocycles. The van der Waals surface area contributed by atoms with Crippen molar-refractivity contribution in [3.05, 3.63) is 30.1 Å². The summed E-state index contributed by atoms with van der Waals surface area (Å²) in [5.74, 6) is 0.481. The Morgan fingerprint density at radius 1 is 1.48 bits per heavy atom. The number of nitrogens with two attached hydrogens (primary N) is 1. The lowest BCUT2D eigenvalue weighted by Gasteiger charge is -2.32. The van der Waals surface area contributed by atoms with Gasteiger partial charge < -0.3 is 11.1 Å². The fourth-order valence-electron chi connectivity index (χ4n) is 2.30. The maximum absolute atomic E-state index is 12.0. The van der Waals surface area contributed by atoms with Gasteiger partial charge >= 0.3 is 0 Å². The number of carbonyl (C=O) groups excluding carboxylic acids is 1. The van der Waals surface area contributed by atoms with Gasteiger partial charge in [-0.3, -0.25) is 14.7 Å². The average molecular weight is 292 g/mol. The third-order valence-electron chi connectivity index (χ3n) is 3.48. The molecule has 0 aliphatic rings. The molecule has 118 valence electrons. The molecule has 1 aromatic rings. The molecule has 0 saturated carbocycles. The summed E-state index contributed by atoms with van der Waals surface area (Å²) in [5.41, 5.74) is 7.29. The van der Waals surface area contributed by atoms with Crippen molar-refractivity contribution in [2.45, 2.75) is 39.3 Å². The van der Waals surface area contributed by atoms with Gasteiger partial charge in [-0.15, -0.1) is 0 Å².